The minimum atomic E-state index is 1.19. The van der Waals surface area contributed by atoms with Crippen LogP contribution in [0.3, 0.4) is 0 Å². The molecule has 108 valence electrons. The van der Waals surface area contributed by atoms with Gasteiger partial charge in [0, 0.05) is 0 Å². The van der Waals surface area contributed by atoms with Crippen LogP contribution >= 0.6 is 0 Å². The number of allylic oxidation sites excluding steroid dienone is 1. The van der Waals surface area contributed by atoms with E-state index in [1.165, 1.54) is 90.0 Å². The molecule has 0 saturated heterocycles. The minimum Gasteiger partial charge on any atom is -0.320 e. The van der Waals surface area contributed by atoms with Crippen LogP contribution in [0.4, 0.5) is 0 Å². The van der Waals surface area contributed by atoms with Crippen molar-refractivity contribution in [3.63, 3.8) is 0 Å². The van der Waals surface area contributed by atoms with Gasteiger partial charge in [0.05, 0.1) is 0 Å². The summed E-state index contributed by atoms with van der Waals surface area (Å²) in [6, 6.07) is 0. The van der Waals surface area contributed by atoms with Gasteiger partial charge in [0.2, 0.25) is 0 Å². The summed E-state index contributed by atoms with van der Waals surface area (Å²) >= 11 is 0. The van der Waals surface area contributed by atoms with Crippen LogP contribution in [0.15, 0.2) is 12.7 Å². The largest absolute Gasteiger partial charge is 0.320 e. The second-order valence-electron chi connectivity index (χ2n) is 5.42. The zero-order valence-electron chi connectivity index (χ0n) is 12.7. The number of rotatable bonds is 15. The molecule has 0 spiro atoms. The first-order valence-electron chi connectivity index (χ1n) is 8.17. The maximum Gasteiger partial charge on any atom is -0.00519 e. The molecule has 0 aromatic heterocycles. The van der Waals surface area contributed by atoms with Crippen molar-refractivity contribution in [2.45, 2.75) is 83.5 Å². The molecule has 0 aromatic rings. The minimum absolute atomic E-state index is 1.19. The number of hydrogen-bond donors (Lipinski definition) is 1. The summed E-state index contributed by atoms with van der Waals surface area (Å²) in [5, 5.41) is 3.21. The zero-order valence-corrected chi connectivity index (χ0v) is 12.7. The lowest BCUT2D eigenvalue weighted by atomic mass is 10.0. The third kappa shape index (κ3) is 15.7. The lowest BCUT2D eigenvalue weighted by molar-refractivity contribution is 0.538. The predicted molar refractivity (Wildman–Crippen MR) is 84.1 cm³/mol. The molecule has 0 bridgehead atoms. The van der Waals surface area contributed by atoms with Gasteiger partial charge in [-0.3, -0.25) is 0 Å². The van der Waals surface area contributed by atoms with E-state index >= 15 is 0 Å². The number of unbranched alkanes of at least 4 members (excludes halogenated alkanes) is 12. The molecule has 1 nitrogen and oxygen atoms in total. The average Bonchev–Trinajstić information content (AvgIpc) is 2.39. The van der Waals surface area contributed by atoms with E-state index in [0.717, 1.165) is 0 Å². The van der Waals surface area contributed by atoms with Gasteiger partial charge in [0.25, 0.3) is 0 Å². The van der Waals surface area contributed by atoms with Crippen LogP contribution in [0.2, 0.25) is 0 Å². The molecule has 0 heterocycles. The molecule has 0 radical (unpaired) electrons. The van der Waals surface area contributed by atoms with Gasteiger partial charge in [0.15, 0.2) is 0 Å². The highest BCUT2D eigenvalue weighted by Crippen LogP contribution is 2.12. The molecule has 0 aliphatic rings. The monoisotopic (exact) mass is 253 g/mol. The Morgan fingerprint density at radius 1 is 0.667 bits per heavy atom. The maximum absolute atomic E-state index is 3.76. The molecule has 0 atom stereocenters. The van der Waals surface area contributed by atoms with Crippen LogP contribution in [0.5, 0.6) is 0 Å². The summed E-state index contributed by atoms with van der Waals surface area (Å²) < 4.78 is 0. The van der Waals surface area contributed by atoms with Crippen LogP contribution < -0.4 is 5.32 Å². The van der Waals surface area contributed by atoms with Gasteiger partial charge in [-0.1, -0.05) is 70.3 Å². The van der Waals surface area contributed by atoms with Crippen LogP contribution in [0.25, 0.3) is 0 Å². The van der Waals surface area contributed by atoms with Crippen molar-refractivity contribution >= 4 is 0 Å². The molecule has 0 fully saturated rings. The zero-order chi connectivity index (χ0) is 13.3. The molecule has 18 heavy (non-hydrogen) atoms. The van der Waals surface area contributed by atoms with Crippen molar-refractivity contribution in [3.8, 4) is 0 Å². The second-order valence-corrected chi connectivity index (χ2v) is 5.42. The van der Waals surface area contributed by atoms with E-state index < -0.39 is 0 Å². The summed E-state index contributed by atoms with van der Waals surface area (Å²) in [5.41, 5.74) is 0. The fourth-order valence-electron chi connectivity index (χ4n) is 2.36. The third-order valence-corrected chi connectivity index (χ3v) is 3.59. The molecular formula is C17H35N. The van der Waals surface area contributed by atoms with Gasteiger partial charge in [-0.15, -0.1) is 6.58 Å². The van der Waals surface area contributed by atoms with Crippen molar-refractivity contribution < 1.29 is 0 Å². The second kappa shape index (κ2) is 16.7. The van der Waals surface area contributed by atoms with E-state index in [1.54, 1.807) is 0 Å². The molecule has 0 saturated carbocycles. The summed E-state index contributed by atoms with van der Waals surface area (Å²) in [6.45, 7) is 4.94. The van der Waals surface area contributed by atoms with Crippen molar-refractivity contribution in [2.75, 3.05) is 13.6 Å². The van der Waals surface area contributed by atoms with Crippen LogP contribution in [0, 0.1) is 0 Å². The van der Waals surface area contributed by atoms with Gasteiger partial charge < -0.3 is 5.32 Å². The van der Waals surface area contributed by atoms with Crippen molar-refractivity contribution in [1.82, 2.24) is 5.32 Å². The first kappa shape index (κ1) is 17.7. The topological polar surface area (TPSA) is 12.0 Å². The molecular weight excluding hydrogens is 218 g/mol. The highest BCUT2D eigenvalue weighted by Gasteiger charge is 1.93. The number of hydrogen-bond acceptors (Lipinski definition) is 1. The van der Waals surface area contributed by atoms with Gasteiger partial charge in [-0.2, -0.15) is 0 Å². The van der Waals surface area contributed by atoms with Gasteiger partial charge in [0.1, 0.15) is 0 Å². The lowest BCUT2D eigenvalue weighted by Gasteiger charge is -2.03. The maximum atomic E-state index is 3.76. The van der Waals surface area contributed by atoms with E-state index in [0.29, 0.717) is 0 Å². The van der Waals surface area contributed by atoms with E-state index in [2.05, 4.69) is 11.9 Å². The molecule has 0 aliphatic heterocycles. The Morgan fingerprint density at radius 3 is 1.44 bits per heavy atom. The van der Waals surface area contributed by atoms with Crippen molar-refractivity contribution in [2.24, 2.45) is 0 Å². The Labute approximate surface area is 115 Å². The Hall–Kier alpha value is -0.300. The number of nitrogens with one attached hydrogen (secondary N) is 1. The van der Waals surface area contributed by atoms with Crippen molar-refractivity contribution in [3.05, 3.63) is 12.7 Å². The summed E-state index contributed by atoms with van der Waals surface area (Å²) in [7, 11) is 2.04. The normalized spacial score (nSPS) is 10.7. The molecule has 0 rings (SSSR count). The summed E-state index contributed by atoms with van der Waals surface area (Å²) in [5.74, 6) is 0. The van der Waals surface area contributed by atoms with E-state index in [4.69, 9.17) is 0 Å². The van der Waals surface area contributed by atoms with Crippen molar-refractivity contribution in [1.29, 1.82) is 0 Å². The smallest absolute Gasteiger partial charge is 0.00519 e. The van der Waals surface area contributed by atoms with Crippen LogP contribution in [-0.2, 0) is 0 Å². The predicted octanol–water partition coefficient (Wildman–Crippen LogP) is 5.46. The van der Waals surface area contributed by atoms with Crippen LogP contribution in [0.1, 0.15) is 83.5 Å². The third-order valence-electron chi connectivity index (χ3n) is 3.59. The SMILES string of the molecule is C=CCCCCCCCCCCCCCCNC. The Bertz CT molecular complexity index is 154. The van der Waals surface area contributed by atoms with Crippen LogP contribution in [-0.4, -0.2) is 13.6 Å². The quantitative estimate of drug-likeness (QED) is 0.302. The molecule has 0 amide bonds. The molecule has 1 heteroatoms. The standard InChI is InChI=1S/C17H35N/c1-3-4-5-6-7-8-9-10-11-12-13-14-15-16-17-18-2/h3,18H,1,4-17H2,2H3. The van der Waals surface area contributed by atoms with E-state index in [1.807, 2.05) is 13.1 Å². The molecule has 0 aliphatic carbocycles. The Balaban J connectivity index is 2.88. The molecule has 1 N–H and O–H groups in total. The summed E-state index contributed by atoms with van der Waals surface area (Å²) in [4.78, 5) is 0. The van der Waals surface area contributed by atoms with E-state index in [9.17, 15) is 0 Å². The summed E-state index contributed by atoms with van der Waals surface area (Å²) in [6.07, 6.45) is 20.3. The Morgan fingerprint density at radius 2 is 1.06 bits per heavy atom. The van der Waals surface area contributed by atoms with Gasteiger partial charge in [-0.05, 0) is 32.9 Å². The fraction of sp³-hybridized carbons (Fsp3) is 0.882. The van der Waals surface area contributed by atoms with Gasteiger partial charge in [-0.25, -0.2) is 0 Å². The highest BCUT2D eigenvalue weighted by molar-refractivity contribution is 4.65. The first-order chi connectivity index (χ1) is 8.91. The first-order valence-corrected chi connectivity index (χ1v) is 8.17. The average molecular weight is 253 g/mol. The fourth-order valence-corrected chi connectivity index (χ4v) is 2.36. The van der Waals surface area contributed by atoms with Gasteiger partial charge >= 0.3 is 0 Å². The highest BCUT2D eigenvalue weighted by atomic mass is 14.8. The lowest BCUT2D eigenvalue weighted by Crippen LogP contribution is -2.06. The molecule has 0 aromatic carbocycles. The Kier molecular flexibility index (Phi) is 16.4. The molecule has 0 unspecified atom stereocenters. The van der Waals surface area contributed by atoms with E-state index in [-0.39, 0.29) is 0 Å².